The molecule has 0 saturated carbocycles. The molecule has 0 radical (unpaired) electrons. The van der Waals surface area contributed by atoms with Crippen LogP contribution in [0.25, 0.3) is 0 Å². The zero-order chi connectivity index (χ0) is 13.8. The minimum atomic E-state index is 0.0362. The van der Waals surface area contributed by atoms with Crippen LogP contribution in [0.5, 0.6) is 0 Å². The molecule has 2 aromatic rings. The molecule has 0 heterocycles. The predicted octanol–water partition coefficient (Wildman–Crippen LogP) is 3.63. The molecular formula is C16H16ClNO. The lowest BCUT2D eigenvalue weighted by Gasteiger charge is -2.13. The number of rotatable bonds is 4. The van der Waals surface area contributed by atoms with Crippen LogP contribution in [0.4, 0.5) is 0 Å². The second-order valence-corrected chi connectivity index (χ2v) is 5.17. The van der Waals surface area contributed by atoms with Gasteiger partial charge in [-0.1, -0.05) is 35.9 Å². The van der Waals surface area contributed by atoms with Crippen LogP contribution in [0.2, 0.25) is 5.02 Å². The van der Waals surface area contributed by atoms with Gasteiger partial charge in [0.25, 0.3) is 0 Å². The van der Waals surface area contributed by atoms with E-state index in [2.05, 4.69) is 0 Å². The van der Waals surface area contributed by atoms with E-state index in [4.69, 9.17) is 11.6 Å². The first-order chi connectivity index (χ1) is 9.08. The van der Waals surface area contributed by atoms with Gasteiger partial charge in [0.15, 0.2) is 5.78 Å². The normalized spacial score (nSPS) is 10.7. The molecule has 0 bridgehead atoms. The van der Waals surface area contributed by atoms with Crippen molar-refractivity contribution >= 4 is 17.4 Å². The number of ketones is 1. The maximum absolute atomic E-state index is 12.5. The van der Waals surface area contributed by atoms with Gasteiger partial charge in [0, 0.05) is 22.7 Å². The fraction of sp³-hybridized carbons (Fsp3) is 0.188. The summed E-state index contributed by atoms with van der Waals surface area (Å²) in [5, 5.41) is 0.637. The van der Waals surface area contributed by atoms with Crippen molar-refractivity contribution in [3.8, 4) is 0 Å². The minimum Gasteiger partial charge on any atom is -0.305 e. The van der Waals surface area contributed by atoms with Crippen molar-refractivity contribution in [2.45, 2.75) is 6.54 Å². The van der Waals surface area contributed by atoms with Gasteiger partial charge in [0.05, 0.1) is 0 Å². The molecule has 0 aliphatic rings. The summed E-state index contributed by atoms with van der Waals surface area (Å²) in [4.78, 5) is 14.5. The van der Waals surface area contributed by atoms with Crippen LogP contribution in [-0.2, 0) is 6.54 Å². The number of hydrogen-bond donors (Lipinski definition) is 0. The number of nitrogens with zero attached hydrogens (tertiary/aromatic N) is 1. The molecular weight excluding hydrogens is 258 g/mol. The molecule has 3 heteroatoms. The van der Waals surface area contributed by atoms with Crippen LogP contribution in [0.1, 0.15) is 21.5 Å². The Balaban J connectivity index is 2.35. The van der Waals surface area contributed by atoms with Crippen molar-refractivity contribution in [2.24, 2.45) is 0 Å². The van der Waals surface area contributed by atoms with E-state index >= 15 is 0 Å². The smallest absolute Gasteiger partial charge is 0.193 e. The average Bonchev–Trinajstić information content (AvgIpc) is 2.39. The summed E-state index contributed by atoms with van der Waals surface area (Å²) >= 11 is 5.84. The Labute approximate surface area is 118 Å². The molecule has 98 valence electrons. The van der Waals surface area contributed by atoms with Crippen molar-refractivity contribution in [3.63, 3.8) is 0 Å². The summed E-state index contributed by atoms with van der Waals surface area (Å²) in [7, 11) is 3.98. The molecule has 0 spiro atoms. The molecule has 19 heavy (non-hydrogen) atoms. The number of carbonyl (C=O) groups excluding carboxylic acids is 1. The van der Waals surface area contributed by atoms with Gasteiger partial charge in [-0.2, -0.15) is 0 Å². The first kappa shape index (κ1) is 13.8. The molecule has 0 aliphatic heterocycles. The van der Waals surface area contributed by atoms with Gasteiger partial charge in [-0.05, 0) is 43.9 Å². The predicted molar refractivity (Wildman–Crippen MR) is 78.7 cm³/mol. The summed E-state index contributed by atoms with van der Waals surface area (Å²) in [6.45, 7) is 0.746. The molecule has 2 nitrogen and oxygen atoms in total. The van der Waals surface area contributed by atoms with E-state index in [1.807, 2.05) is 43.3 Å². The van der Waals surface area contributed by atoms with Crippen LogP contribution < -0.4 is 0 Å². The van der Waals surface area contributed by atoms with Crippen LogP contribution in [0.15, 0.2) is 48.5 Å². The van der Waals surface area contributed by atoms with Gasteiger partial charge < -0.3 is 4.90 Å². The molecule has 0 N–H and O–H groups in total. The van der Waals surface area contributed by atoms with Gasteiger partial charge in [0.2, 0.25) is 0 Å². The summed E-state index contributed by atoms with van der Waals surface area (Å²) in [6, 6.07) is 14.7. The van der Waals surface area contributed by atoms with Crippen molar-refractivity contribution < 1.29 is 4.79 Å². The standard InChI is InChI=1S/C16H16ClNO/c1-18(2)11-13-5-3-4-6-15(13)16(19)12-7-9-14(17)10-8-12/h3-10H,11H2,1-2H3. The molecule has 2 aromatic carbocycles. The Morgan fingerprint density at radius 2 is 1.68 bits per heavy atom. The Kier molecular flexibility index (Phi) is 4.35. The number of benzene rings is 2. The summed E-state index contributed by atoms with van der Waals surface area (Å²) in [5.74, 6) is 0.0362. The second-order valence-electron chi connectivity index (χ2n) is 4.73. The van der Waals surface area contributed by atoms with E-state index in [1.54, 1.807) is 24.3 Å². The summed E-state index contributed by atoms with van der Waals surface area (Å²) in [5.41, 5.74) is 2.45. The van der Waals surface area contributed by atoms with E-state index < -0.39 is 0 Å². The first-order valence-electron chi connectivity index (χ1n) is 6.11. The minimum absolute atomic E-state index is 0.0362. The highest BCUT2D eigenvalue weighted by Crippen LogP contribution is 2.17. The van der Waals surface area contributed by atoms with Crippen LogP contribution in [0.3, 0.4) is 0 Å². The van der Waals surface area contributed by atoms with Crippen LogP contribution in [-0.4, -0.2) is 24.8 Å². The average molecular weight is 274 g/mol. The molecule has 0 saturated heterocycles. The molecule has 0 unspecified atom stereocenters. The van der Waals surface area contributed by atoms with Gasteiger partial charge in [-0.25, -0.2) is 0 Å². The Bertz CT molecular complexity index is 576. The lowest BCUT2D eigenvalue weighted by atomic mass is 9.98. The topological polar surface area (TPSA) is 20.3 Å². The van der Waals surface area contributed by atoms with Crippen molar-refractivity contribution in [1.82, 2.24) is 4.90 Å². The number of hydrogen-bond acceptors (Lipinski definition) is 2. The SMILES string of the molecule is CN(C)Cc1ccccc1C(=O)c1ccc(Cl)cc1. The molecule has 2 rings (SSSR count). The van der Waals surface area contributed by atoms with E-state index in [0.29, 0.717) is 10.6 Å². The molecule has 0 aromatic heterocycles. The third-order valence-electron chi connectivity index (χ3n) is 2.85. The Morgan fingerprint density at radius 1 is 1.05 bits per heavy atom. The maximum Gasteiger partial charge on any atom is 0.193 e. The number of carbonyl (C=O) groups is 1. The highest BCUT2D eigenvalue weighted by molar-refractivity contribution is 6.30. The van der Waals surface area contributed by atoms with E-state index in [1.165, 1.54) is 0 Å². The Morgan fingerprint density at radius 3 is 2.32 bits per heavy atom. The van der Waals surface area contributed by atoms with Crippen molar-refractivity contribution in [3.05, 3.63) is 70.2 Å². The van der Waals surface area contributed by atoms with Gasteiger partial charge in [-0.3, -0.25) is 4.79 Å². The molecule has 0 amide bonds. The fourth-order valence-corrected chi connectivity index (χ4v) is 2.10. The molecule has 0 aliphatic carbocycles. The second kappa shape index (κ2) is 6.00. The highest BCUT2D eigenvalue weighted by atomic mass is 35.5. The number of halogens is 1. The fourth-order valence-electron chi connectivity index (χ4n) is 1.98. The van der Waals surface area contributed by atoms with Crippen LogP contribution >= 0.6 is 11.6 Å². The Hall–Kier alpha value is -1.64. The lowest BCUT2D eigenvalue weighted by molar-refractivity contribution is 0.103. The molecule has 0 atom stereocenters. The highest BCUT2D eigenvalue weighted by Gasteiger charge is 2.13. The van der Waals surface area contributed by atoms with Crippen molar-refractivity contribution in [2.75, 3.05) is 14.1 Å². The van der Waals surface area contributed by atoms with Gasteiger partial charge in [0.1, 0.15) is 0 Å². The monoisotopic (exact) mass is 273 g/mol. The van der Waals surface area contributed by atoms with Crippen LogP contribution in [0, 0.1) is 0 Å². The first-order valence-corrected chi connectivity index (χ1v) is 6.48. The van der Waals surface area contributed by atoms with Gasteiger partial charge in [-0.15, -0.1) is 0 Å². The van der Waals surface area contributed by atoms with E-state index in [-0.39, 0.29) is 5.78 Å². The zero-order valence-electron chi connectivity index (χ0n) is 11.1. The van der Waals surface area contributed by atoms with Gasteiger partial charge >= 0.3 is 0 Å². The quantitative estimate of drug-likeness (QED) is 0.793. The summed E-state index contributed by atoms with van der Waals surface area (Å²) in [6.07, 6.45) is 0. The third kappa shape index (κ3) is 3.43. The zero-order valence-corrected chi connectivity index (χ0v) is 11.8. The summed E-state index contributed by atoms with van der Waals surface area (Å²) < 4.78 is 0. The lowest BCUT2D eigenvalue weighted by Crippen LogP contribution is -2.14. The molecule has 0 fully saturated rings. The largest absolute Gasteiger partial charge is 0.305 e. The van der Waals surface area contributed by atoms with E-state index in [9.17, 15) is 4.79 Å². The van der Waals surface area contributed by atoms with E-state index in [0.717, 1.165) is 17.7 Å². The van der Waals surface area contributed by atoms with Crippen molar-refractivity contribution in [1.29, 1.82) is 0 Å². The maximum atomic E-state index is 12.5. The third-order valence-corrected chi connectivity index (χ3v) is 3.11.